The van der Waals surface area contributed by atoms with E-state index in [2.05, 4.69) is 16.0 Å². The normalized spacial score (nSPS) is 17.5. The molecule has 0 bridgehead atoms. The van der Waals surface area contributed by atoms with Crippen molar-refractivity contribution in [3.05, 3.63) is 102 Å². The largest absolute Gasteiger partial charge is 0.462 e. The Morgan fingerprint density at radius 2 is 1.83 bits per heavy atom. The molecule has 6 rings (SSSR count). The summed E-state index contributed by atoms with van der Waals surface area (Å²) in [5, 5.41) is 15.5. The van der Waals surface area contributed by atoms with E-state index in [9.17, 15) is 10.1 Å². The molecule has 1 unspecified atom stereocenters. The van der Waals surface area contributed by atoms with Gasteiger partial charge >= 0.3 is 0 Å². The van der Waals surface area contributed by atoms with Crippen LogP contribution in [0.15, 0.2) is 90.5 Å². The van der Waals surface area contributed by atoms with Crippen LogP contribution in [0, 0.1) is 11.3 Å². The number of ether oxygens (including phenoxy) is 1. The first-order chi connectivity index (χ1) is 20.1. The van der Waals surface area contributed by atoms with Crippen LogP contribution in [0.25, 0.3) is 22.7 Å². The number of nitrogens with two attached hydrogens (primary N) is 1. The van der Waals surface area contributed by atoms with Gasteiger partial charge in [-0.05, 0) is 54.7 Å². The van der Waals surface area contributed by atoms with Gasteiger partial charge in [0, 0.05) is 19.5 Å². The molecule has 0 spiro atoms. The van der Waals surface area contributed by atoms with Crippen LogP contribution in [0.4, 0.5) is 5.82 Å². The quantitative estimate of drug-likeness (QED) is 0.258. The molecule has 2 aromatic carbocycles. The number of allylic oxidation sites excluding steroid dienone is 4. The van der Waals surface area contributed by atoms with Gasteiger partial charge in [0.15, 0.2) is 5.65 Å². The summed E-state index contributed by atoms with van der Waals surface area (Å²) in [5.41, 5.74) is 9.70. The number of hydrogen-bond donors (Lipinski definition) is 1. The predicted molar refractivity (Wildman–Crippen MR) is 157 cm³/mol. The Balaban J connectivity index is 1.28. The van der Waals surface area contributed by atoms with Crippen LogP contribution in [-0.2, 0) is 4.79 Å². The van der Waals surface area contributed by atoms with E-state index in [-0.39, 0.29) is 17.5 Å². The first kappa shape index (κ1) is 26.0. The van der Waals surface area contributed by atoms with E-state index in [0.717, 1.165) is 54.0 Å². The Kier molecular flexibility index (Phi) is 7.28. The van der Waals surface area contributed by atoms with Gasteiger partial charge in [0.2, 0.25) is 0 Å². The highest BCUT2D eigenvalue weighted by molar-refractivity contribution is 6.01. The molecule has 1 fully saturated rings. The second-order valence-corrected chi connectivity index (χ2v) is 10.1. The predicted octanol–water partition coefficient (Wildman–Crippen LogP) is 5.32. The number of benzene rings is 2. The first-order valence-corrected chi connectivity index (χ1v) is 13.7. The minimum Gasteiger partial charge on any atom is -0.462 e. The molecule has 1 atom stereocenters. The van der Waals surface area contributed by atoms with Crippen molar-refractivity contribution in [1.82, 2.24) is 24.6 Å². The lowest BCUT2D eigenvalue weighted by Gasteiger charge is -2.32. The van der Waals surface area contributed by atoms with Gasteiger partial charge < -0.3 is 15.4 Å². The topological polar surface area (TPSA) is 123 Å². The van der Waals surface area contributed by atoms with Crippen LogP contribution >= 0.6 is 0 Å². The van der Waals surface area contributed by atoms with Crippen LogP contribution in [-0.4, -0.2) is 43.6 Å². The summed E-state index contributed by atoms with van der Waals surface area (Å²) in [5.74, 6) is 1.77. The van der Waals surface area contributed by atoms with Gasteiger partial charge in [-0.25, -0.2) is 14.6 Å². The fraction of sp³-hybridized carbons (Fsp3) is 0.219. The fourth-order valence-electron chi connectivity index (χ4n) is 5.38. The third-order valence-electron chi connectivity index (χ3n) is 7.42. The van der Waals surface area contributed by atoms with Gasteiger partial charge in [-0.2, -0.15) is 10.4 Å². The zero-order valence-electron chi connectivity index (χ0n) is 22.5. The molecule has 1 aliphatic heterocycles. The fourth-order valence-corrected chi connectivity index (χ4v) is 5.38. The Hall–Kier alpha value is -5.23. The number of carbonyl (C=O) groups excluding carboxylic acids is 1. The number of likely N-dealkylation sites (tertiary alicyclic amines) is 1. The Labute approximate surface area is 237 Å². The molecule has 2 aliphatic rings. The number of nitriles is 1. The van der Waals surface area contributed by atoms with E-state index in [1.165, 1.54) is 6.33 Å². The minimum absolute atomic E-state index is 0.113. The highest BCUT2D eigenvalue weighted by Gasteiger charge is 2.30. The summed E-state index contributed by atoms with van der Waals surface area (Å²) in [4.78, 5) is 23.9. The maximum absolute atomic E-state index is 13.4. The zero-order chi connectivity index (χ0) is 28.2. The van der Waals surface area contributed by atoms with E-state index in [4.69, 9.17) is 15.6 Å². The lowest BCUT2D eigenvalue weighted by molar-refractivity contribution is -0.128. The number of hydrogen-bond acceptors (Lipinski definition) is 7. The third-order valence-corrected chi connectivity index (χ3v) is 7.42. The number of fused-ring (bicyclic) bond motifs is 1. The molecule has 204 valence electrons. The summed E-state index contributed by atoms with van der Waals surface area (Å²) < 4.78 is 7.91. The lowest BCUT2D eigenvalue weighted by Crippen LogP contribution is -2.41. The van der Waals surface area contributed by atoms with Crippen molar-refractivity contribution < 1.29 is 9.53 Å². The standard InChI is InChI=1S/C32H29N7O2/c33-19-24(18-22-8-3-1-4-9-22)32(40)38-17-7-10-25(20-38)39-31-28(30(34)35-21-36-31)29(37-39)23-13-15-27(16-14-23)41-26-11-5-2-6-12-26/h1-6,8-9,11-13,15,18,21,25H,7,10,14,16-17,20H2,(H2,34,35,36)/b24-18+. The van der Waals surface area contributed by atoms with Crippen LogP contribution < -0.4 is 10.5 Å². The Bertz CT molecular complexity index is 1720. The molecule has 9 heteroatoms. The SMILES string of the molecule is N#C/C(=C\c1ccccc1)C(=O)N1CCCC(n2nc(C3=CC=C(Oc4ccccc4)CC3)c3c(N)ncnc32)C1. The second-order valence-electron chi connectivity index (χ2n) is 10.1. The molecule has 0 radical (unpaired) electrons. The summed E-state index contributed by atoms with van der Waals surface area (Å²) in [6.07, 6.45) is 10.1. The first-order valence-electron chi connectivity index (χ1n) is 13.7. The highest BCUT2D eigenvalue weighted by atomic mass is 16.5. The molecule has 9 nitrogen and oxygen atoms in total. The van der Waals surface area contributed by atoms with Crippen molar-refractivity contribution in [3.63, 3.8) is 0 Å². The van der Waals surface area contributed by atoms with Gasteiger partial charge in [-0.15, -0.1) is 0 Å². The van der Waals surface area contributed by atoms with Gasteiger partial charge in [-0.1, -0.05) is 54.6 Å². The van der Waals surface area contributed by atoms with Crippen molar-refractivity contribution in [2.24, 2.45) is 0 Å². The molecule has 4 aromatic rings. The van der Waals surface area contributed by atoms with Crippen molar-refractivity contribution in [2.45, 2.75) is 31.7 Å². The Morgan fingerprint density at radius 1 is 1.05 bits per heavy atom. The monoisotopic (exact) mass is 543 g/mol. The lowest BCUT2D eigenvalue weighted by atomic mass is 9.99. The van der Waals surface area contributed by atoms with E-state index < -0.39 is 0 Å². The summed E-state index contributed by atoms with van der Waals surface area (Å²) in [7, 11) is 0. The molecular formula is C32H29N7O2. The zero-order valence-corrected chi connectivity index (χ0v) is 22.5. The van der Waals surface area contributed by atoms with Crippen LogP contribution in [0.5, 0.6) is 5.75 Å². The second kappa shape index (κ2) is 11.5. The molecule has 2 aromatic heterocycles. The molecular weight excluding hydrogens is 514 g/mol. The van der Waals surface area contributed by atoms with Gasteiger partial charge in [-0.3, -0.25) is 4.79 Å². The molecule has 1 aliphatic carbocycles. The molecule has 2 N–H and O–H groups in total. The number of piperidine rings is 1. The smallest absolute Gasteiger partial charge is 0.264 e. The number of rotatable bonds is 6. The van der Waals surface area contributed by atoms with Crippen molar-refractivity contribution in [2.75, 3.05) is 18.8 Å². The third kappa shape index (κ3) is 5.45. The Morgan fingerprint density at radius 3 is 2.56 bits per heavy atom. The molecule has 41 heavy (non-hydrogen) atoms. The number of para-hydroxylation sites is 1. The average Bonchev–Trinajstić information content (AvgIpc) is 3.42. The van der Waals surface area contributed by atoms with Gasteiger partial charge in [0.1, 0.15) is 41.0 Å². The highest BCUT2D eigenvalue weighted by Crippen LogP contribution is 2.35. The van der Waals surface area contributed by atoms with Crippen LogP contribution in [0.1, 0.15) is 43.0 Å². The van der Waals surface area contributed by atoms with E-state index in [0.29, 0.717) is 29.9 Å². The van der Waals surface area contributed by atoms with Crippen LogP contribution in [0.2, 0.25) is 0 Å². The number of carbonyl (C=O) groups is 1. The minimum atomic E-state index is -0.280. The van der Waals surface area contributed by atoms with Crippen molar-refractivity contribution in [1.29, 1.82) is 5.26 Å². The van der Waals surface area contributed by atoms with Crippen LogP contribution in [0.3, 0.4) is 0 Å². The molecule has 3 heterocycles. The number of amides is 1. The summed E-state index contributed by atoms with van der Waals surface area (Å²) in [6.45, 7) is 0.993. The number of anilines is 1. The number of aromatic nitrogens is 4. The van der Waals surface area contributed by atoms with Gasteiger partial charge in [0.05, 0.1) is 11.4 Å². The van der Waals surface area contributed by atoms with E-state index in [1.54, 1.807) is 11.0 Å². The molecule has 1 amide bonds. The maximum Gasteiger partial charge on any atom is 0.264 e. The summed E-state index contributed by atoms with van der Waals surface area (Å²) in [6, 6.07) is 21.1. The van der Waals surface area contributed by atoms with E-state index in [1.807, 2.05) is 77.5 Å². The molecule has 0 saturated carbocycles. The number of nitrogen functional groups attached to an aromatic ring is 1. The molecule has 1 saturated heterocycles. The van der Waals surface area contributed by atoms with Crippen molar-refractivity contribution in [3.8, 4) is 11.8 Å². The van der Waals surface area contributed by atoms with Crippen molar-refractivity contribution >= 4 is 34.4 Å². The summed E-state index contributed by atoms with van der Waals surface area (Å²) >= 11 is 0. The maximum atomic E-state index is 13.4. The van der Waals surface area contributed by atoms with Gasteiger partial charge in [0.25, 0.3) is 5.91 Å². The van der Waals surface area contributed by atoms with E-state index >= 15 is 0 Å². The number of nitrogens with zero attached hydrogens (tertiary/aromatic N) is 6. The average molecular weight is 544 g/mol.